The number of aliphatic hydroxyl groups is 3. The Morgan fingerprint density at radius 3 is 1.91 bits per heavy atom. The maximum atomic E-state index is 14.7. The summed E-state index contributed by atoms with van der Waals surface area (Å²) in [6.45, 7) is 18.9. The van der Waals surface area contributed by atoms with E-state index in [-0.39, 0.29) is 110 Å². The number of unbranched alkanes of at least 4 members (excludes halogenated alkanes) is 3. The number of anilines is 1. The maximum Gasteiger partial charge on any atom is 0.312 e. The highest BCUT2D eigenvalue weighted by Gasteiger charge is 2.49. The van der Waals surface area contributed by atoms with Crippen molar-refractivity contribution in [3.63, 3.8) is 0 Å². The number of benzene rings is 2. The molecule has 17 atom stereocenters. The van der Waals surface area contributed by atoms with E-state index >= 15 is 0 Å². The zero-order valence-corrected chi connectivity index (χ0v) is 65.4. The number of nitrogens with two attached hydrogens (primary N) is 1. The van der Waals surface area contributed by atoms with Gasteiger partial charge in [0.15, 0.2) is 23.5 Å². The van der Waals surface area contributed by atoms with Crippen LogP contribution < -0.4 is 48.3 Å². The quantitative estimate of drug-likeness (QED) is 0.0257. The van der Waals surface area contributed by atoms with Crippen LogP contribution in [0.4, 0.5) is 10.5 Å². The van der Waals surface area contributed by atoms with Gasteiger partial charge in [0.05, 0.1) is 48.2 Å². The van der Waals surface area contributed by atoms with Gasteiger partial charge in [0.2, 0.25) is 41.4 Å². The lowest BCUT2D eigenvalue weighted by Gasteiger charge is -2.40. The highest BCUT2D eigenvalue weighted by atomic mass is 16.5. The van der Waals surface area contributed by atoms with E-state index < -0.39 is 138 Å². The molecule has 0 bridgehead atoms. The Hall–Kier alpha value is -8.32. The van der Waals surface area contributed by atoms with Crippen LogP contribution in [-0.4, -0.2) is 229 Å². The summed E-state index contributed by atoms with van der Waals surface area (Å²) in [5, 5.41) is 54.7. The van der Waals surface area contributed by atoms with Crippen LogP contribution in [0.1, 0.15) is 151 Å². The van der Waals surface area contributed by atoms with Gasteiger partial charge < -0.3 is 82.7 Å². The van der Waals surface area contributed by atoms with Crippen molar-refractivity contribution in [3.8, 4) is 0 Å². The van der Waals surface area contributed by atoms with Crippen LogP contribution in [0.25, 0.3) is 0 Å². The predicted octanol–water partition coefficient (Wildman–Crippen LogP) is 3.28. The second kappa shape index (κ2) is 44.4. The highest BCUT2D eigenvalue weighted by Crippen LogP contribution is 2.35. The molecule has 0 saturated carbocycles. The van der Waals surface area contributed by atoms with Gasteiger partial charge in [-0.2, -0.15) is 0 Å². The molecule has 0 spiro atoms. The van der Waals surface area contributed by atoms with Gasteiger partial charge in [-0.05, 0) is 130 Å². The van der Waals surface area contributed by atoms with Crippen LogP contribution in [0.3, 0.4) is 0 Å². The molecule has 2 saturated heterocycles. The van der Waals surface area contributed by atoms with Crippen molar-refractivity contribution in [2.75, 3.05) is 59.8 Å². The molecule has 13 N–H and O–H groups in total. The van der Waals surface area contributed by atoms with Crippen molar-refractivity contribution in [1.29, 1.82) is 0 Å². The third kappa shape index (κ3) is 26.5. The van der Waals surface area contributed by atoms with Crippen molar-refractivity contribution >= 4 is 76.3 Å². The number of hydrogen-bond donors (Lipinski definition) is 12. The molecular formula is C79H121N11O18. The van der Waals surface area contributed by atoms with Crippen molar-refractivity contribution in [3.05, 3.63) is 89.5 Å². The Morgan fingerprint density at radius 2 is 1.31 bits per heavy atom. The van der Waals surface area contributed by atoms with E-state index in [1.807, 2.05) is 97.8 Å². The van der Waals surface area contributed by atoms with Gasteiger partial charge in [-0.3, -0.25) is 57.6 Å². The second-order valence-electron chi connectivity index (χ2n) is 30.2. The molecule has 29 nitrogen and oxygen atoms in total. The molecule has 1 aliphatic carbocycles. The number of aliphatic hydroxyl groups excluding tert-OH is 3. The van der Waals surface area contributed by atoms with Gasteiger partial charge in [0.1, 0.15) is 42.5 Å². The lowest BCUT2D eigenvalue weighted by molar-refractivity contribution is -0.219. The van der Waals surface area contributed by atoms with E-state index in [1.165, 1.54) is 19.3 Å². The summed E-state index contributed by atoms with van der Waals surface area (Å²) < 4.78 is 18.0. The molecule has 2 fully saturated rings. The molecule has 108 heavy (non-hydrogen) atoms. The number of carbonyl (C=O) groups is 12. The average Bonchev–Trinajstić information content (AvgIpc) is 1.63. The van der Waals surface area contributed by atoms with Gasteiger partial charge in [0, 0.05) is 64.8 Å². The Labute approximate surface area is 635 Å². The van der Waals surface area contributed by atoms with E-state index in [0.717, 1.165) is 11.1 Å². The number of urea groups is 1. The van der Waals surface area contributed by atoms with Crippen LogP contribution in [0.2, 0.25) is 0 Å². The number of likely N-dealkylation sites (N-methyl/N-ethyl adjacent to an activating group) is 1. The molecule has 0 aromatic heterocycles. The summed E-state index contributed by atoms with van der Waals surface area (Å²) in [6, 6.07) is 9.79. The van der Waals surface area contributed by atoms with Crippen molar-refractivity contribution in [2.45, 2.75) is 232 Å². The monoisotopic (exact) mass is 1510 g/mol. The molecule has 29 heteroatoms. The minimum Gasteiger partial charge on any atom is -0.388 e. The number of Topliss-reactive ketones (excluding diaryl/α,β-unsaturated/α-hetero) is 1. The van der Waals surface area contributed by atoms with E-state index in [1.54, 1.807) is 63.1 Å². The Bertz CT molecular complexity index is 3380. The van der Waals surface area contributed by atoms with Crippen molar-refractivity contribution in [1.82, 2.24) is 47.0 Å². The molecule has 2 aromatic rings. The number of amides is 10. The molecular weight excluding hydrogens is 1390 g/mol. The van der Waals surface area contributed by atoms with Gasteiger partial charge in [-0.1, -0.05) is 131 Å². The largest absolute Gasteiger partial charge is 0.388 e. The van der Waals surface area contributed by atoms with Gasteiger partial charge >= 0.3 is 6.03 Å². The number of ketones is 3. The summed E-state index contributed by atoms with van der Waals surface area (Å²) in [5.41, 5.74) is 7.29. The molecule has 600 valence electrons. The average molecular weight is 1510 g/mol. The van der Waals surface area contributed by atoms with Crippen LogP contribution in [0.5, 0.6) is 0 Å². The number of nitrogens with one attached hydrogen (secondary N) is 8. The topological polar surface area (TPSA) is 422 Å². The smallest absolute Gasteiger partial charge is 0.312 e. The first-order valence-electron chi connectivity index (χ1n) is 38.1. The molecule has 2 aliphatic heterocycles. The minimum atomic E-state index is -1.96. The Balaban J connectivity index is 1.19. The molecule has 2 heterocycles. The van der Waals surface area contributed by atoms with E-state index in [2.05, 4.69) is 42.5 Å². The number of allylic oxidation sites excluding steroid dienone is 4. The second-order valence-corrected chi connectivity index (χ2v) is 30.2. The zero-order chi connectivity index (χ0) is 80.2. The van der Waals surface area contributed by atoms with E-state index in [4.69, 9.17) is 19.9 Å². The van der Waals surface area contributed by atoms with Gasteiger partial charge in [-0.25, -0.2) is 4.79 Å². The van der Waals surface area contributed by atoms with E-state index in [0.29, 0.717) is 63.6 Å². The molecule has 0 radical (unpaired) electrons. The van der Waals surface area contributed by atoms with Crippen LogP contribution in [0, 0.1) is 41.4 Å². The minimum absolute atomic E-state index is 0.00268. The molecule has 10 amide bonds. The summed E-state index contributed by atoms with van der Waals surface area (Å²) in [7, 11) is 6.72. The Kier molecular flexibility index (Phi) is 37.1. The van der Waals surface area contributed by atoms with Crippen LogP contribution in [0.15, 0.2) is 78.4 Å². The molecule has 5 rings (SSSR count). The predicted molar refractivity (Wildman–Crippen MR) is 406 cm³/mol. The van der Waals surface area contributed by atoms with E-state index in [9.17, 15) is 72.9 Å². The number of methoxy groups -OCH3 is 2. The number of likely N-dealkylation sites (tertiary alicyclic amines) is 1. The fourth-order valence-corrected chi connectivity index (χ4v) is 14.6. The first-order valence-corrected chi connectivity index (χ1v) is 38.1. The molecule has 3 aliphatic rings. The maximum absolute atomic E-state index is 14.7. The summed E-state index contributed by atoms with van der Waals surface area (Å²) in [6.07, 6.45) is -1.50. The number of hydrogen-bond acceptors (Lipinski definition) is 19. The van der Waals surface area contributed by atoms with Crippen LogP contribution >= 0.6 is 0 Å². The fraction of sp³-hybridized carbons (Fsp3) is 0.646. The standard InChI is InChI=1S/C79H121N11O18/c1-15-47(8)63(48(9)67(95)64(44(2)3)87-77(103)66(46(6)7)89(11)12)59(106-13)42-62(94)90-40-24-29-56(90)71(107-14)49(10)73(99)86-55(41-51-25-19-18-20-26-51)74(100)81-39-37-50-31-33-52(34-32-50)84-75(101)54(28-23-38-82-79(80)105)85-76(102)65(45(4)5)88-78(104)72-70(98)69(97)68(96)60(108-72)43-83-61(93)30-22-17-16-21-27-53-57(91)35-36-58(53)92/h18-20,25-27,31-36,44-49,54-56,59-60,63-66,68-72,96-98H,15-17,21-24,28-30,37-43H2,1-14H3,(H,81,100)(H,83,93)(H,84,101)(H,85,102)(H,86,99)(H,87,103)(H,88,104)(H3,80,82,105)/t47?,48?,49?,54?,55-,56-,59?,60-,63?,64-,65+,66?,68?,69+,70?,71?,72-/m0/s1. The van der Waals surface area contributed by atoms with Crippen LogP contribution in [-0.2, 0) is 79.8 Å². The number of carbonyl (C=O) groups excluding carboxylic acids is 12. The normalized spacial score (nSPS) is 21.0. The first-order chi connectivity index (χ1) is 51.1. The third-order valence-electron chi connectivity index (χ3n) is 20.9. The summed E-state index contributed by atoms with van der Waals surface area (Å²) in [4.78, 5) is 165. The van der Waals surface area contributed by atoms with Crippen molar-refractivity contribution in [2.24, 2.45) is 47.2 Å². The first kappa shape index (κ1) is 90.3. The van der Waals surface area contributed by atoms with Gasteiger partial charge in [0.25, 0.3) is 5.91 Å². The molecule has 2 aromatic carbocycles. The van der Waals surface area contributed by atoms with Crippen molar-refractivity contribution < 1.29 is 87.1 Å². The number of primary amides is 1. The van der Waals surface area contributed by atoms with Gasteiger partial charge in [-0.15, -0.1) is 0 Å². The summed E-state index contributed by atoms with van der Waals surface area (Å²) in [5.74, 6) is -7.80. The summed E-state index contributed by atoms with van der Waals surface area (Å²) >= 11 is 0. The fourth-order valence-electron chi connectivity index (χ4n) is 14.6. The zero-order valence-electron chi connectivity index (χ0n) is 65.4. The number of rotatable bonds is 44. The highest BCUT2D eigenvalue weighted by molar-refractivity contribution is 6.33. The number of nitrogens with zero attached hydrogens (tertiary/aromatic N) is 2. The SMILES string of the molecule is CCC(C)C(C(CC(=O)N1CCC[C@H]1C(OC)C(C)C(=O)N[C@@H](Cc1ccccc1)C(=O)NCCc1ccc(NC(=O)C(CCCNC(N)=O)NC(=O)[C@H](NC(=O)[C@H]2O[C@@H](CNC(=O)CCCCCC=C3C(=O)C=CC3=O)C(O)[C@@H](O)C2O)C(C)C)cc1)OC)C(C)C(=O)[C@@H](NC(=O)C(C(C)C)N(C)C)C(C)C. The lowest BCUT2D eigenvalue weighted by atomic mass is 9.73. The Morgan fingerprint density at radius 1 is 0.667 bits per heavy atom. The number of ether oxygens (including phenoxy) is 3. The molecule has 10 unspecified atom stereocenters. The third-order valence-corrected chi connectivity index (χ3v) is 20.9. The lowest BCUT2D eigenvalue weighted by Crippen LogP contribution is -2.65.